The molecule has 0 bridgehead atoms. The number of nitrogens with zero attached hydrogens (tertiary/aromatic N) is 1. The molecule has 0 atom stereocenters. The third-order valence-electron chi connectivity index (χ3n) is 4.02. The van der Waals surface area contributed by atoms with Crippen molar-refractivity contribution in [2.45, 2.75) is 26.2 Å². The maximum absolute atomic E-state index is 12.6. The number of aryl methyl sites for hydroxylation is 1. The molecule has 1 aliphatic heterocycles. The molecule has 1 amide bonds. The van der Waals surface area contributed by atoms with Gasteiger partial charge in [0.2, 0.25) is 0 Å². The van der Waals surface area contributed by atoms with Crippen molar-refractivity contribution in [2.24, 2.45) is 5.92 Å². The molecule has 0 aliphatic carbocycles. The first-order valence-corrected chi connectivity index (χ1v) is 7.28. The number of piperidine rings is 1. The summed E-state index contributed by atoms with van der Waals surface area (Å²) in [4.78, 5) is 14.6. The van der Waals surface area contributed by atoms with Crippen LogP contribution >= 0.6 is 12.4 Å². The lowest BCUT2D eigenvalue weighted by atomic mass is 9.95. The van der Waals surface area contributed by atoms with Crippen molar-refractivity contribution >= 4 is 18.3 Å². The lowest BCUT2D eigenvalue weighted by Crippen LogP contribution is -2.40. The summed E-state index contributed by atoms with van der Waals surface area (Å²) in [5.74, 6) is 0.927. The first kappa shape index (κ1) is 17.0. The van der Waals surface area contributed by atoms with Gasteiger partial charge in [-0.05, 0) is 50.4 Å². The smallest absolute Gasteiger partial charge is 0.254 e. The van der Waals surface area contributed by atoms with E-state index in [1.807, 2.05) is 30.1 Å². The summed E-state index contributed by atoms with van der Waals surface area (Å²) in [6.07, 6.45) is 3.14. The maximum Gasteiger partial charge on any atom is 0.254 e. The number of hydrogen-bond acceptors (Lipinski definition) is 2. The summed E-state index contributed by atoms with van der Waals surface area (Å²) in [6, 6.07) is 7.98. The van der Waals surface area contributed by atoms with Crippen molar-refractivity contribution in [3.05, 3.63) is 35.4 Å². The number of halogens is 1. The van der Waals surface area contributed by atoms with Crippen LogP contribution in [0.2, 0.25) is 0 Å². The van der Waals surface area contributed by atoms with E-state index in [0.29, 0.717) is 0 Å². The van der Waals surface area contributed by atoms with Crippen molar-refractivity contribution in [3.63, 3.8) is 0 Å². The summed E-state index contributed by atoms with van der Waals surface area (Å²) >= 11 is 0. The van der Waals surface area contributed by atoms with E-state index >= 15 is 0 Å². The van der Waals surface area contributed by atoms with Gasteiger partial charge in [-0.15, -0.1) is 12.4 Å². The second kappa shape index (κ2) is 8.28. The van der Waals surface area contributed by atoms with E-state index in [-0.39, 0.29) is 18.3 Å². The van der Waals surface area contributed by atoms with Crippen LogP contribution in [0.25, 0.3) is 0 Å². The molecule has 0 spiro atoms. The zero-order valence-electron chi connectivity index (χ0n) is 12.4. The number of benzene rings is 1. The molecule has 1 N–H and O–H groups in total. The van der Waals surface area contributed by atoms with Crippen molar-refractivity contribution in [2.75, 3.05) is 26.7 Å². The zero-order chi connectivity index (χ0) is 13.7. The number of hydrogen-bond donors (Lipinski definition) is 1. The average molecular weight is 297 g/mol. The largest absolute Gasteiger partial charge is 0.339 e. The van der Waals surface area contributed by atoms with Gasteiger partial charge < -0.3 is 10.2 Å². The molecule has 2 rings (SSSR count). The van der Waals surface area contributed by atoms with Crippen LogP contribution in [0.15, 0.2) is 24.3 Å². The van der Waals surface area contributed by atoms with Crippen LogP contribution < -0.4 is 5.32 Å². The fraction of sp³-hybridized carbons (Fsp3) is 0.562. The molecule has 1 aliphatic rings. The summed E-state index contributed by atoms with van der Waals surface area (Å²) in [7, 11) is 2.00. The summed E-state index contributed by atoms with van der Waals surface area (Å²) in [5.41, 5.74) is 2.04. The Balaban J connectivity index is 0.00000200. The quantitative estimate of drug-likeness (QED) is 0.926. The monoisotopic (exact) mass is 296 g/mol. The minimum atomic E-state index is 0. The van der Waals surface area contributed by atoms with E-state index in [1.165, 1.54) is 0 Å². The second-order valence-electron chi connectivity index (χ2n) is 5.30. The van der Waals surface area contributed by atoms with Gasteiger partial charge in [-0.3, -0.25) is 4.79 Å². The van der Waals surface area contributed by atoms with Crippen LogP contribution in [0.3, 0.4) is 0 Å². The molecule has 1 heterocycles. The Labute approximate surface area is 128 Å². The molecule has 112 valence electrons. The highest BCUT2D eigenvalue weighted by molar-refractivity contribution is 5.95. The Morgan fingerprint density at radius 3 is 2.55 bits per heavy atom. The molecule has 1 aromatic rings. The average Bonchev–Trinajstić information content (AvgIpc) is 2.47. The van der Waals surface area contributed by atoms with Gasteiger partial charge in [-0.2, -0.15) is 0 Å². The van der Waals surface area contributed by atoms with Crippen LogP contribution in [0, 0.1) is 5.92 Å². The third kappa shape index (κ3) is 3.97. The number of carbonyl (C=O) groups excluding carboxylic acids is 1. The van der Waals surface area contributed by atoms with Gasteiger partial charge in [0.1, 0.15) is 0 Å². The number of carbonyl (C=O) groups is 1. The summed E-state index contributed by atoms with van der Waals surface area (Å²) < 4.78 is 0. The summed E-state index contributed by atoms with van der Waals surface area (Å²) in [6.45, 7) is 4.95. The van der Waals surface area contributed by atoms with E-state index in [9.17, 15) is 4.79 Å². The first-order chi connectivity index (χ1) is 9.26. The fourth-order valence-electron chi connectivity index (χ4n) is 2.84. The van der Waals surface area contributed by atoms with Gasteiger partial charge in [0, 0.05) is 18.7 Å². The molecule has 0 aromatic heterocycles. The van der Waals surface area contributed by atoms with E-state index in [0.717, 1.165) is 55.9 Å². The van der Waals surface area contributed by atoms with Gasteiger partial charge in [0.05, 0.1) is 0 Å². The summed E-state index contributed by atoms with van der Waals surface area (Å²) in [5, 5.41) is 3.23. The third-order valence-corrected chi connectivity index (χ3v) is 4.02. The van der Waals surface area contributed by atoms with Gasteiger partial charge >= 0.3 is 0 Å². The maximum atomic E-state index is 12.6. The fourth-order valence-corrected chi connectivity index (χ4v) is 2.84. The molecule has 20 heavy (non-hydrogen) atoms. The molecule has 1 saturated heterocycles. The second-order valence-corrected chi connectivity index (χ2v) is 5.30. The Morgan fingerprint density at radius 1 is 1.30 bits per heavy atom. The highest BCUT2D eigenvalue weighted by atomic mass is 35.5. The van der Waals surface area contributed by atoms with Crippen LogP contribution in [0.4, 0.5) is 0 Å². The lowest BCUT2D eigenvalue weighted by Gasteiger charge is -2.32. The molecule has 1 aromatic carbocycles. The van der Waals surface area contributed by atoms with Crippen molar-refractivity contribution in [1.82, 2.24) is 10.2 Å². The predicted octanol–water partition coefficient (Wildman–Crippen LogP) is 2.74. The van der Waals surface area contributed by atoms with Crippen LogP contribution in [-0.4, -0.2) is 37.5 Å². The van der Waals surface area contributed by atoms with Crippen molar-refractivity contribution in [1.29, 1.82) is 0 Å². The van der Waals surface area contributed by atoms with Gasteiger partial charge in [0.15, 0.2) is 0 Å². The Kier molecular flexibility index (Phi) is 7.03. The van der Waals surface area contributed by atoms with Crippen molar-refractivity contribution < 1.29 is 4.79 Å². The van der Waals surface area contributed by atoms with E-state index in [1.54, 1.807) is 0 Å². The number of rotatable bonds is 4. The molecule has 4 heteroatoms. The van der Waals surface area contributed by atoms with Crippen LogP contribution in [0.5, 0.6) is 0 Å². The van der Waals surface area contributed by atoms with E-state index < -0.39 is 0 Å². The Bertz CT molecular complexity index is 428. The molecule has 1 fully saturated rings. The van der Waals surface area contributed by atoms with Crippen LogP contribution in [0.1, 0.15) is 35.7 Å². The molecule has 0 saturated carbocycles. The van der Waals surface area contributed by atoms with Crippen LogP contribution in [-0.2, 0) is 6.42 Å². The van der Waals surface area contributed by atoms with Crippen molar-refractivity contribution in [3.8, 4) is 0 Å². The minimum Gasteiger partial charge on any atom is -0.339 e. The molecular formula is C16H25ClN2O. The van der Waals surface area contributed by atoms with Gasteiger partial charge in [0.25, 0.3) is 5.91 Å². The highest BCUT2D eigenvalue weighted by Gasteiger charge is 2.24. The van der Waals surface area contributed by atoms with E-state index in [4.69, 9.17) is 0 Å². The Morgan fingerprint density at radius 2 is 1.95 bits per heavy atom. The van der Waals surface area contributed by atoms with Gasteiger partial charge in [-0.1, -0.05) is 25.1 Å². The lowest BCUT2D eigenvalue weighted by molar-refractivity contribution is 0.0690. The standard InChI is InChI=1S/C16H24N2O.ClH/c1-3-14-6-4-5-7-15(14)16(19)18-10-8-13(9-11-18)12-17-2;/h4-7,13,17H,3,8-12H2,1-2H3;1H. The molecular weight excluding hydrogens is 272 g/mol. The molecule has 3 nitrogen and oxygen atoms in total. The first-order valence-electron chi connectivity index (χ1n) is 7.28. The highest BCUT2D eigenvalue weighted by Crippen LogP contribution is 2.20. The van der Waals surface area contributed by atoms with E-state index in [2.05, 4.69) is 18.3 Å². The zero-order valence-corrected chi connectivity index (χ0v) is 13.2. The Hall–Kier alpha value is -1.06. The van der Waals surface area contributed by atoms with Gasteiger partial charge in [-0.25, -0.2) is 0 Å². The molecule has 0 unspecified atom stereocenters. The minimum absolute atomic E-state index is 0. The number of amides is 1. The SMILES string of the molecule is CCc1ccccc1C(=O)N1CCC(CNC)CC1.Cl. The number of nitrogens with one attached hydrogen (secondary N) is 1. The predicted molar refractivity (Wildman–Crippen MR) is 85.6 cm³/mol. The normalized spacial score (nSPS) is 15.8. The molecule has 0 radical (unpaired) electrons. The number of likely N-dealkylation sites (tertiary alicyclic amines) is 1. The topological polar surface area (TPSA) is 32.3 Å².